The van der Waals surface area contributed by atoms with Gasteiger partial charge >= 0.3 is 0 Å². The van der Waals surface area contributed by atoms with Crippen molar-refractivity contribution < 1.29 is 19.1 Å². The smallest absolute Gasteiger partial charge is 0.251 e. The normalized spacial score (nSPS) is 21.1. The van der Waals surface area contributed by atoms with Gasteiger partial charge in [-0.15, -0.1) is 0 Å². The first-order chi connectivity index (χ1) is 16.5. The zero-order valence-electron chi connectivity index (χ0n) is 19.8. The van der Waals surface area contributed by atoms with Crippen molar-refractivity contribution >= 4 is 34.6 Å². The third kappa shape index (κ3) is 4.48. The number of ether oxygens (including phenoxy) is 2. The summed E-state index contributed by atoms with van der Waals surface area (Å²) < 4.78 is 10.7. The van der Waals surface area contributed by atoms with Crippen LogP contribution in [-0.4, -0.2) is 63.9 Å². The van der Waals surface area contributed by atoms with E-state index in [1.54, 1.807) is 4.90 Å². The highest BCUT2D eigenvalue weighted by Gasteiger charge is 2.38. The van der Waals surface area contributed by atoms with Crippen molar-refractivity contribution in [1.29, 1.82) is 0 Å². The number of likely N-dealkylation sites (N-methyl/N-ethyl adjacent to an activating group) is 1. The zero-order chi connectivity index (χ0) is 23.7. The lowest BCUT2D eigenvalue weighted by molar-refractivity contribution is -0.119. The fraction of sp³-hybridized carbons (Fsp3) is 0.462. The van der Waals surface area contributed by atoms with Crippen molar-refractivity contribution in [2.75, 3.05) is 55.1 Å². The topological polar surface area (TPSA) is 83.1 Å². The fourth-order valence-corrected chi connectivity index (χ4v) is 4.91. The molecule has 2 amide bonds. The number of hydrogen-bond acceptors (Lipinski definition) is 6. The lowest BCUT2D eigenvalue weighted by Gasteiger charge is -2.45. The lowest BCUT2D eigenvalue weighted by Crippen LogP contribution is -2.55. The maximum absolute atomic E-state index is 12.9. The van der Waals surface area contributed by atoms with Gasteiger partial charge in [-0.3, -0.25) is 9.59 Å². The van der Waals surface area contributed by atoms with Gasteiger partial charge < -0.3 is 29.9 Å². The highest BCUT2D eigenvalue weighted by Crippen LogP contribution is 2.40. The molecular weight excluding hydrogens is 432 g/mol. The quantitative estimate of drug-likeness (QED) is 0.684. The molecule has 34 heavy (non-hydrogen) atoms. The summed E-state index contributed by atoms with van der Waals surface area (Å²) in [6.07, 6.45) is 1.82. The highest BCUT2D eigenvalue weighted by molar-refractivity contribution is 6.05. The second kappa shape index (κ2) is 9.64. The van der Waals surface area contributed by atoms with E-state index in [1.807, 2.05) is 50.4 Å². The average molecular weight is 465 g/mol. The Kier molecular flexibility index (Phi) is 6.43. The molecule has 2 fully saturated rings. The summed E-state index contributed by atoms with van der Waals surface area (Å²) in [4.78, 5) is 29.3. The van der Waals surface area contributed by atoms with Gasteiger partial charge in [0.1, 0.15) is 6.04 Å². The van der Waals surface area contributed by atoms with E-state index in [0.29, 0.717) is 18.0 Å². The van der Waals surface area contributed by atoms with E-state index in [0.717, 1.165) is 62.0 Å². The van der Waals surface area contributed by atoms with Gasteiger partial charge in [0, 0.05) is 55.7 Å². The number of rotatable bonds is 6. The maximum Gasteiger partial charge on any atom is 0.251 e. The molecule has 8 nitrogen and oxygen atoms in total. The van der Waals surface area contributed by atoms with Crippen LogP contribution >= 0.6 is 0 Å². The Bertz CT molecular complexity index is 1050. The fourth-order valence-electron chi connectivity index (χ4n) is 4.91. The van der Waals surface area contributed by atoms with Gasteiger partial charge in [0.2, 0.25) is 5.91 Å². The highest BCUT2D eigenvalue weighted by atomic mass is 16.5. The Hall–Kier alpha value is -3.10. The third-order valence-corrected chi connectivity index (χ3v) is 7.00. The van der Waals surface area contributed by atoms with Gasteiger partial charge in [-0.1, -0.05) is 0 Å². The minimum atomic E-state index is -0.222. The first kappa shape index (κ1) is 22.7. The molecule has 0 unspecified atom stereocenters. The maximum atomic E-state index is 12.9. The summed E-state index contributed by atoms with van der Waals surface area (Å²) in [6, 6.07) is 13.6. The van der Waals surface area contributed by atoms with Crippen LogP contribution in [0.4, 0.5) is 22.7 Å². The van der Waals surface area contributed by atoms with E-state index >= 15 is 0 Å². The van der Waals surface area contributed by atoms with Gasteiger partial charge in [0.25, 0.3) is 5.91 Å². The van der Waals surface area contributed by atoms with Gasteiger partial charge in [0.15, 0.2) is 0 Å². The molecule has 0 bridgehead atoms. The van der Waals surface area contributed by atoms with E-state index in [-0.39, 0.29) is 23.9 Å². The lowest BCUT2D eigenvalue weighted by atomic mass is 9.99. The molecule has 5 rings (SSSR count). The Morgan fingerprint density at radius 1 is 1.00 bits per heavy atom. The Labute approximate surface area is 200 Å². The van der Waals surface area contributed by atoms with E-state index in [9.17, 15) is 9.59 Å². The van der Waals surface area contributed by atoms with Crippen LogP contribution in [0.2, 0.25) is 0 Å². The minimum absolute atomic E-state index is 0.0685. The largest absolute Gasteiger partial charge is 0.381 e. The molecule has 0 saturated carbocycles. The standard InChI is InChI=1S/C26H32N4O4/c1-17-26(32)29(2)23-8-7-21(13-24(23)30(17)22-9-11-33-12-10-22)28-20-5-3-19(4-6-20)25(31)27-14-18-15-34-16-18/h3-8,13,17-18,22,28H,9-12,14-16H2,1-2H3,(H,27,31)/t17-/m1/s1. The predicted octanol–water partition coefficient (Wildman–Crippen LogP) is 3.16. The second-order valence-corrected chi connectivity index (χ2v) is 9.34. The molecule has 0 radical (unpaired) electrons. The van der Waals surface area contributed by atoms with Gasteiger partial charge in [-0.2, -0.15) is 0 Å². The van der Waals surface area contributed by atoms with Crippen LogP contribution in [0, 0.1) is 5.92 Å². The van der Waals surface area contributed by atoms with Crippen molar-refractivity contribution in [3.8, 4) is 0 Å². The molecule has 2 aromatic rings. The molecule has 8 heteroatoms. The summed E-state index contributed by atoms with van der Waals surface area (Å²) in [7, 11) is 1.84. The van der Waals surface area contributed by atoms with E-state index in [4.69, 9.17) is 9.47 Å². The summed E-state index contributed by atoms with van der Waals surface area (Å²) in [6.45, 7) is 5.52. The SMILES string of the molecule is C[C@@H]1C(=O)N(C)c2ccc(Nc3ccc(C(=O)NCC4COC4)cc3)cc2N1C1CCOCC1. The predicted molar refractivity (Wildman–Crippen MR) is 132 cm³/mol. The van der Waals surface area contributed by atoms with E-state index in [2.05, 4.69) is 21.6 Å². The number of carbonyl (C=O) groups excluding carboxylic acids is 2. The number of anilines is 4. The van der Waals surface area contributed by atoms with Gasteiger partial charge in [-0.05, 0) is 62.2 Å². The van der Waals surface area contributed by atoms with E-state index in [1.165, 1.54) is 0 Å². The molecule has 3 heterocycles. The summed E-state index contributed by atoms with van der Waals surface area (Å²) in [5, 5.41) is 6.42. The van der Waals surface area contributed by atoms with Crippen LogP contribution in [0.3, 0.4) is 0 Å². The Morgan fingerprint density at radius 3 is 2.38 bits per heavy atom. The molecule has 2 N–H and O–H groups in total. The molecule has 0 spiro atoms. The number of amides is 2. The van der Waals surface area contributed by atoms with Crippen LogP contribution in [0.25, 0.3) is 0 Å². The average Bonchev–Trinajstić information content (AvgIpc) is 2.83. The van der Waals surface area contributed by atoms with Crippen LogP contribution in [0.15, 0.2) is 42.5 Å². The molecule has 3 aliphatic rings. The molecule has 1 atom stereocenters. The Morgan fingerprint density at radius 2 is 1.71 bits per heavy atom. The van der Waals surface area contributed by atoms with Crippen LogP contribution in [0.5, 0.6) is 0 Å². The molecule has 180 valence electrons. The van der Waals surface area contributed by atoms with Gasteiger partial charge in [0.05, 0.1) is 24.6 Å². The van der Waals surface area contributed by atoms with Crippen molar-refractivity contribution in [2.45, 2.75) is 31.8 Å². The molecule has 0 aromatic heterocycles. The molecule has 0 aliphatic carbocycles. The summed E-state index contributed by atoms with van der Waals surface area (Å²) in [5.74, 6) is 0.464. The minimum Gasteiger partial charge on any atom is -0.381 e. The first-order valence-electron chi connectivity index (χ1n) is 12.0. The van der Waals surface area contributed by atoms with Crippen molar-refractivity contribution in [3.05, 3.63) is 48.0 Å². The zero-order valence-corrected chi connectivity index (χ0v) is 19.8. The number of hydrogen-bond donors (Lipinski definition) is 2. The number of fused-ring (bicyclic) bond motifs is 1. The van der Waals surface area contributed by atoms with Crippen molar-refractivity contribution in [2.24, 2.45) is 5.92 Å². The number of carbonyl (C=O) groups is 2. The number of nitrogens with zero attached hydrogens (tertiary/aromatic N) is 2. The third-order valence-electron chi connectivity index (χ3n) is 7.00. The van der Waals surface area contributed by atoms with Crippen LogP contribution < -0.4 is 20.4 Å². The number of benzene rings is 2. The first-order valence-corrected chi connectivity index (χ1v) is 12.0. The number of nitrogens with one attached hydrogen (secondary N) is 2. The molecule has 2 aromatic carbocycles. The van der Waals surface area contributed by atoms with Crippen LogP contribution in [-0.2, 0) is 14.3 Å². The van der Waals surface area contributed by atoms with Crippen molar-refractivity contribution in [3.63, 3.8) is 0 Å². The Balaban J connectivity index is 1.32. The second-order valence-electron chi connectivity index (χ2n) is 9.34. The molecular formula is C26H32N4O4. The molecule has 2 saturated heterocycles. The van der Waals surface area contributed by atoms with Crippen LogP contribution in [0.1, 0.15) is 30.1 Å². The molecule has 3 aliphatic heterocycles. The van der Waals surface area contributed by atoms with Crippen molar-refractivity contribution in [1.82, 2.24) is 5.32 Å². The van der Waals surface area contributed by atoms with E-state index < -0.39 is 0 Å². The van der Waals surface area contributed by atoms with Gasteiger partial charge in [-0.25, -0.2) is 0 Å². The monoisotopic (exact) mass is 464 g/mol. The summed E-state index contributed by atoms with van der Waals surface area (Å²) in [5.41, 5.74) is 4.45. The summed E-state index contributed by atoms with van der Waals surface area (Å²) >= 11 is 0.